The van der Waals surface area contributed by atoms with Gasteiger partial charge >= 0.3 is 6.03 Å². The van der Waals surface area contributed by atoms with Crippen LogP contribution >= 0.6 is 0 Å². The van der Waals surface area contributed by atoms with E-state index in [2.05, 4.69) is 51.6 Å². The monoisotopic (exact) mass is 344 g/mol. The van der Waals surface area contributed by atoms with Crippen molar-refractivity contribution in [2.45, 2.75) is 38.6 Å². The van der Waals surface area contributed by atoms with Crippen LogP contribution in [0.15, 0.2) is 30.3 Å². The number of amides is 2. The summed E-state index contributed by atoms with van der Waals surface area (Å²) < 4.78 is 0. The quantitative estimate of drug-likeness (QED) is 0.834. The van der Waals surface area contributed by atoms with Crippen LogP contribution < -0.4 is 15.5 Å². The van der Waals surface area contributed by atoms with Crippen molar-refractivity contribution in [1.82, 2.24) is 15.5 Å². The van der Waals surface area contributed by atoms with Gasteiger partial charge in [0.2, 0.25) is 0 Å². The summed E-state index contributed by atoms with van der Waals surface area (Å²) in [4.78, 5) is 17.0. The van der Waals surface area contributed by atoms with E-state index in [0.717, 1.165) is 32.6 Å². The number of rotatable bonds is 6. The Labute approximate surface area is 151 Å². The molecular weight excluding hydrogens is 312 g/mol. The van der Waals surface area contributed by atoms with Gasteiger partial charge in [-0.15, -0.1) is 0 Å². The Morgan fingerprint density at radius 2 is 1.88 bits per heavy atom. The molecule has 3 rings (SSSR count). The number of hydrogen-bond donors (Lipinski definition) is 2. The smallest absolute Gasteiger partial charge is 0.314 e. The molecule has 25 heavy (non-hydrogen) atoms. The number of nitrogens with one attached hydrogen (secondary N) is 2. The van der Waals surface area contributed by atoms with Crippen LogP contribution in [-0.4, -0.2) is 56.2 Å². The molecule has 0 spiro atoms. The van der Waals surface area contributed by atoms with Gasteiger partial charge in [0.05, 0.1) is 0 Å². The number of hydrogen-bond acceptors (Lipinski definition) is 3. The maximum Gasteiger partial charge on any atom is 0.314 e. The lowest BCUT2D eigenvalue weighted by Crippen LogP contribution is -2.47. The molecule has 2 atom stereocenters. The van der Waals surface area contributed by atoms with Crippen molar-refractivity contribution < 1.29 is 4.79 Å². The Bertz CT molecular complexity index is 530. The van der Waals surface area contributed by atoms with Gasteiger partial charge < -0.3 is 15.5 Å². The highest BCUT2D eigenvalue weighted by atomic mass is 16.2. The Morgan fingerprint density at radius 3 is 2.64 bits per heavy atom. The summed E-state index contributed by atoms with van der Waals surface area (Å²) in [6, 6.07) is 10.9. The van der Waals surface area contributed by atoms with Crippen molar-refractivity contribution in [3.8, 4) is 0 Å². The van der Waals surface area contributed by atoms with Crippen LogP contribution in [0.4, 0.5) is 10.5 Å². The predicted molar refractivity (Wildman–Crippen MR) is 103 cm³/mol. The van der Waals surface area contributed by atoms with Crippen molar-refractivity contribution >= 4 is 11.7 Å². The number of benzene rings is 1. The molecule has 0 aliphatic carbocycles. The summed E-state index contributed by atoms with van der Waals surface area (Å²) in [6.07, 6.45) is 5.06. The van der Waals surface area contributed by atoms with Gasteiger partial charge in [-0.25, -0.2) is 4.79 Å². The number of likely N-dealkylation sites (tertiary alicyclic amines) is 1. The minimum atomic E-state index is -0.0259. The predicted octanol–water partition coefficient (Wildman–Crippen LogP) is 2.69. The molecule has 2 saturated heterocycles. The van der Waals surface area contributed by atoms with Gasteiger partial charge in [0.1, 0.15) is 0 Å². The molecule has 0 aromatic heterocycles. The molecular formula is C20H32N4O. The third-order valence-corrected chi connectivity index (χ3v) is 5.53. The molecule has 0 radical (unpaired) electrons. The second-order valence-corrected chi connectivity index (χ2v) is 7.47. The standard InChI is InChI=1S/C20H32N4O/c1-17(23-11-6-3-7-12-23)14-21-20(25)22-15-18-10-13-24(16-18)19-8-4-2-5-9-19/h2,4-5,8-9,17-18H,3,6-7,10-16H2,1H3,(H2,21,22,25)/t17-,18+/m1/s1. The van der Waals surface area contributed by atoms with Crippen molar-refractivity contribution in [2.75, 3.05) is 44.2 Å². The third kappa shape index (κ3) is 5.36. The maximum atomic E-state index is 12.1. The molecule has 2 heterocycles. The van der Waals surface area contributed by atoms with Gasteiger partial charge in [0.15, 0.2) is 0 Å². The summed E-state index contributed by atoms with van der Waals surface area (Å²) in [5.74, 6) is 0.533. The SMILES string of the molecule is C[C@H](CNC(=O)NC[C@@H]1CCN(c2ccccc2)C1)N1CCCCC1. The van der Waals surface area contributed by atoms with E-state index in [1.165, 1.54) is 38.0 Å². The minimum Gasteiger partial charge on any atom is -0.371 e. The first kappa shape index (κ1) is 18.1. The molecule has 2 aliphatic rings. The zero-order valence-electron chi connectivity index (χ0n) is 15.4. The molecule has 1 aromatic rings. The lowest BCUT2D eigenvalue weighted by molar-refractivity contribution is 0.170. The zero-order chi connectivity index (χ0) is 17.5. The van der Waals surface area contributed by atoms with Crippen LogP contribution in [0.5, 0.6) is 0 Å². The molecule has 1 aromatic carbocycles. The molecule has 138 valence electrons. The minimum absolute atomic E-state index is 0.0259. The number of urea groups is 1. The highest BCUT2D eigenvalue weighted by Gasteiger charge is 2.23. The van der Waals surface area contributed by atoms with E-state index >= 15 is 0 Å². The van der Waals surface area contributed by atoms with Gasteiger partial charge in [0, 0.05) is 37.9 Å². The second-order valence-electron chi connectivity index (χ2n) is 7.47. The normalized spacial score (nSPS) is 22.6. The van der Waals surface area contributed by atoms with Crippen LogP contribution in [-0.2, 0) is 0 Å². The third-order valence-electron chi connectivity index (χ3n) is 5.53. The first-order valence-corrected chi connectivity index (χ1v) is 9.78. The van der Waals surface area contributed by atoms with E-state index < -0.39 is 0 Å². The van der Waals surface area contributed by atoms with E-state index in [1.807, 2.05) is 6.07 Å². The van der Waals surface area contributed by atoms with Gasteiger partial charge in [-0.1, -0.05) is 24.6 Å². The molecule has 2 N–H and O–H groups in total. The number of para-hydroxylation sites is 1. The molecule has 2 aliphatic heterocycles. The summed E-state index contributed by atoms with van der Waals surface area (Å²) in [5, 5.41) is 6.10. The number of carbonyl (C=O) groups excluding carboxylic acids is 1. The van der Waals surface area contributed by atoms with E-state index in [0.29, 0.717) is 12.0 Å². The van der Waals surface area contributed by atoms with Crippen molar-refractivity contribution in [3.05, 3.63) is 30.3 Å². The fourth-order valence-electron chi connectivity index (χ4n) is 3.90. The van der Waals surface area contributed by atoms with E-state index in [1.54, 1.807) is 0 Å². The summed E-state index contributed by atoms with van der Waals surface area (Å²) in [7, 11) is 0. The molecule has 5 heteroatoms. The van der Waals surface area contributed by atoms with Crippen LogP contribution in [0, 0.1) is 5.92 Å². The van der Waals surface area contributed by atoms with Gasteiger partial charge in [0.25, 0.3) is 0 Å². The van der Waals surface area contributed by atoms with Gasteiger partial charge in [-0.3, -0.25) is 4.90 Å². The Hall–Kier alpha value is -1.75. The number of carbonyl (C=O) groups is 1. The van der Waals surface area contributed by atoms with Crippen molar-refractivity contribution in [1.29, 1.82) is 0 Å². The highest BCUT2D eigenvalue weighted by molar-refractivity contribution is 5.73. The lowest BCUT2D eigenvalue weighted by atomic mass is 10.1. The van der Waals surface area contributed by atoms with Crippen molar-refractivity contribution in [2.24, 2.45) is 5.92 Å². The largest absolute Gasteiger partial charge is 0.371 e. The fraction of sp³-hybridized carbons (Fsp3) is 0.650. The average molecular weight is 345 g/mol. The van der Waals surface area contributed by atoms with E-state index in [4.69, 9.17) is 0 Å². The second kappa shape index (κ2) is 9.09. The van der Waals surface area contributed by atoms with Crippen LogP contribution in [0.3, 0.4) is 0 Å². The Kier molecular flexibility index (Phi) is 6.56. The Balaban J connectivity index is 1.32. The van der Waals surface area contributed by atoms with Crippen LogP contribution in [0.25, 0.3) is 0 Å². The van der Waals surface area contributed by atoms with Gasteiger partial charge in [-0.05, 0) is 57.3 Å². The zero-order valence-corrected chi connectivity index (χ0v) is 15.4. The molecule has 0 unspecified atom stereocenters. The van der Waals surface area contributed by atoms with Gasteiger partial charge in [-0.2, -0.15) is 0 Å². The van der Waals surface area contributed by atoms with E-state index in [9.17, 15) is 4.79 Å². The molecule has 2 amide bonds. The topological polar surface area (TPSA) is 47.6 Å². The maximum absolute atomic E-state index is 12.1. The van der Waals surface area contributed by atoms with Crippen molar-refractivity contribution in [3.63, 3.8) is 0 Å². The molecule has 2 fully saturated rings. The first-order valence-electron chi connectivity index (χ1n) is 9.78. The first-order chi connectivity index (χ1) is 12.2. The molecule has 0 bridgehead atoms. The number of piperidine rings is 1. The number of nitrogens with zero attached hydrogens (tertiary/aromatic N) is 2. The van der Waals surface area contributed by atoms with Crippen LogP contribution in [0.1, 0.15) is 32.6 Å². The summed E-state index contributed by atoms with van der Waals surface area (Å²) in [6.45, 7) is 8.13. The highest BCUT2D eigenvalue weighted by Crippen LogP contribution is 2.22. The molecule has 5 nitrogen and oxygen atoms in total. The number of anilines is 1. The summed E-state index contributed by atoms with van der Waals surface area (Å²) in [5.41, 5.74) is 1.28. The van der Waals surface area contributed by atoms with E-state index in [-0.39, 0.29) is 6.03 Å². The lowest BCUT2D eigenvalue weighted by Gasteiger charge is -2.32. The Morgan fingerprint density at radius 1 is 1.12 bits per heavy atom. The summed E-state index contributed by atoms with van der Waals surface area (Å²) >= 11 is 0. The average Bonchev–Trinajstić information content (AvgIpc) is 3.15. The fourth-order valence-corrected chi connectivity index (χ4v) is 3.90. The molecule has 0 saturated carbocycles. The van der Waals surface area contributed by atoms with Crippen LogP contribution in [0.2, 0.25) is 0 Å².